The predicted octanol–water partition coefficient (Wildman–Crippen LogP) is 5.10. The lowest BCUT2D eigenvalue weighted by Gasteiger charge is -2.40. The molecule has 186 valence electrons. The summed E-state index contributed by atoms with van der Waals surface area (Å²) in [6.45, 7) is 3.89. The number of carbonyl (C=O) groups is 1. The summed E-state index contributed by atoms with van der Waals surface area (Å²) in [5, 5.41) is 10.2. The number of fused-ring (bicyclic) bond motifs is 1. The average molecular weight is 485 g/mol. The van der Waals surface area contributed by atoms with Gasteiger partial charge in [-0.05, 0) is 36.1 Å². The summed E-state index contributed by atoms with van der Waals surface area (Å²) >= 11 is 0. The fourth-order valence-electron chi connectivity index (χ4n) is 5.81. The van der Waals surface area contributed by atoms with E-state index in [1.165, 1.54) is 11.1 Å². The van der Waals surface area contributed by atoms with Crippen molar-refractivity contribution in [1.29, 1.82) is 0 Å². The average Bonchev–Trinajstić information content (AvgIpc) is 3.46. The zero-order valence-electron chi connectivity index (χ0n) is 20.5. The summed E-state index contributed by atoms with van der Waals surface area (Å²) in [7, 11) is 0. The van der Waals surface area contributed by atoms with Gasteiger partial charge in [0.2, 0.25) is 0 Å². The molecule has 7 heteroatoms. The van der Waals surface area contributed by atoms with Crippen LogP contribution in [0.3, 0.4) is 0 Å². The molecule has 36 heavy (non-hydrogen) atoms. The first-order chi connectivity index (χ1) is 17.6. The van der Waals surface area contributed by atoms with E-state index in [9.17, 15) is 14.7 Å². The van der Waals surface area contributed by atoms with Crippen molar-refractivity contribution in [2.24, 2.45) is 0 Å². The van der Waals surface area contributed by atoms with Crippen molar-refractivity contribution < 1.29 is 9.90 Å². The molecule has 0 aliphatic carbocycles. The molecule has 3 atom stereocenters. The van der Waals surface area contributed by atoms with Gasteiger partial charge in [-0.15, -0.1) is 0 Å². The van der Waals surface area contributed by atoms with E-state index >= 15 is 0 Å². The molecule has 1 aliphatic heterocycles. The minimum Gasteiger partial charge on any atom is -0.465 e. The first-order valence-electron chi connectivity index (χ1n) is 12.6. The standard InChI is InChI=1S/C29H32N4O3/c1-2-24(31(19-21-11-5-3-6-12-21)20-22-13-7-4-8-14-22)27-26(17-18-32(27)29(35)36)33-25-16-10-9-15-23(25)30-28(33)34/h3-16,24,26-27H,2,17-20H2,1H3,(H,30,34)(H,35,36). The van der Waals surface area contributed by atoms with Crippen LogP contribution in [-0.4, -0.2) is 49.2 Å². The molecule has 2 N–H and O–H groups in total. The van der Waals surface area contributed by atoms with Gasteiger partial charge < -0.3 is 15.0 Å². The number of aromatic amines is 1. The molecular formula is C29H32N4O3. The Bertz CT molecular complexity index is 1320. The van der Waals surface area contributed by atoms with Crippen LogP contribution in [-0.2, 0) is 13.1 Å². The number of hydrogen-bond donors (Lipinski definition) is 2. The number of likely N-dealkylation sites (tertiary alicyclic amines) is 1. The van der Waals surface area contributed by atoms with E-state index < -0.39 is 6.09 Å². The van der Waals surface area contributed by atoms with Gasteiger partial charge >= 0.3 is 11.8 Å². The van der Waals surface area contributed by atoms with E-state index in [1.54, 1.807) is 9.47 Å². The monoisotopic (exact) mass is 484 g/mol. The molecular weight excluding hydrogens is 452 g/mol. The Kier molecular flexibility index (Phi) is 6.91. The summed E-state index contributed by atoms with van der Waals surface area (Å²) in [4.78, 5) is 32.5. The third kappa shape index (κ3) is 4.66. The van der Waals surface area contributed by atoms with Gasteiger partial charge in [-0.25, -0.2) is 9.59 Å². The number of rotatable bonds is 8. The lowest BCUT2D eigenvalue weighted by Crippen LogP contribution is -2.53. The van der Waals surface area contributed by atoms with Crippen LogP contribution in [0.5, 0.6) is 0 Å². The number of para-hydroxylation sites is 2. The number of carboxylic acid groups (broad SMARTS) is 1. The molecule has 1 fully saturated rings. The van der Waals surface area contributed by atoms with Gasteiger partial charge in [-0.3, -0.25) is 9.47 Å². The van der Waals surface area contributed by atoms with Crippen LogP contribution >= 0.6 is 0 Å². The van der Waals surface area contributed by atoms with Crippen molar-refractivity contribution in [2.45, 2.75) is 51.0 Å². The van der Waals surface area contributed by atoms with Crippen molar-refractivity contribution in [3.05, 3.63) is 107 Å². The fourth-order valence-corrected chi connectivity index (χ4v) is 5.81. The maximum Gasteiger partial charge on any atom is 0.407 e. The Morgan fingerprint density at radius 3 is 2.14 bits per heavy atom. The second-order valence-corrected chi connectivity index (χ2v) is 9.49. The SMILES string of the molecule is CCC(C1C(n2c(=O)[nH]c3ccccc32)CCN1C(=O)O)N(Cc1ccccc1)Cc1ccccc1. The van der Waals surface area contributed by atoms with Crippen LogP contribution in [0.15, 0.2) is 89.7 Å². The second kappa shape index (κ2) is 10.4. The van der Waals surface area contributed by atoms with Gasteiger partial charge in [0, 0.05) is 25.7 Å². The lowest BCUT2D eigenvalue weighted by molar-refractivity contribution is 0.0665. The smallest absolute Gasteiger partial charge is 0.407 e. The Balaban J connectivity index is 1.58. The van der Waals surface area contributed by atoms with Crippen molar-refractivity contribution in [1.82, 2.24) is 19.4 Å². The van der Waals surface area contributed by atoms with E-state index in [-0.39, 0.29) is 23.8 Å². The Hall–Kier alpha value is -3.84. The minimum atomic E-state index is -0.937. The molecule has 0 spiro atoms. The molecule has 4 aromatic rings. The van der Waals surface area contributed by atoms with Crippen molar-refractivity contribution in [3.8, 4) is 0 Å². The lowest BCUT2D eigenvalue weighted by atomic mass is 9.95. The molecule has 3 aromatic carbocycles. The summed E-state index contributed by atoms with van der Waals surface area (Å²) < 4.78 is 1.79. The summed E-state index contributed by atoms with van der Waals surface area (Å²) in [6.07, 6.45) is 0.412. The molecule has 3 unspecified atom stereocenters. The molecule has 2 heterocycles. The largest absolute Gasteiger partial charge is 0.465 e. The van der Waals surface area contributed by atoms with Crippen molar-refractivity contribution in [2.75, 3.05) is 6.54 Å². The second-order valence-electron chi connectivity index (χ2n) is 9.49. The molecule has 7 nitrogen and oxygen atoms in total. The molecule has 1 amide bonds. The zero-order chi connectivity index (χ0) is 25.1. The highest BCUT2D eigenvalue weighted by atomic mass is 16.4. The Morgan fingerprint density at radius 1 is 0.972 bits per heavy atom. The number of aromatic nitrogens is 2. The van der Waals surface area contributed by atoms with Gasteiger partial charge in [0.25, 0.3) is 0 Å². The minimum absolute atomic E-state index is 0.0884. The number of hydrogen-bond acceptors (Lipinski definition) is 3. The number of imidazole rings is 1. The first-order valence-corrected chi connectivity index (χ1v) is 12.6. The summed E-state index contributed by atoms with van der Waals surface area (Å²) in [5.41, 5.74) is 3.75. The number of nitrogens with one attached hydrogen (secondary N) is 1. The van der Waals surface area contributed by atoms with Gasteiger partial charge in [-0.2, -0.15) is 0 Å². The van der Waals surface area contributed by atoms with E-state index in [0.717, 1.165) is 17.5 Å². The normalized spacial score (nSPS) is 18.7. The number of nitrogens with zero attached hydrogens (tertiary/aromatic N) is 3. The molecule has 0 saturated carbocycles. The van der Waals surface area contributed by atoms with Crippen LogP contribution in [0, 0.1) is 0 Å². The first kappa shape index (κ1) is 23.9. The quantitative estimate of drug-likeness (QED) is 0.364. The Morgan fingerprint density at radius 2 is 1.56 bits per heavy atom. The molecule has 0 radical (unpaired) electrons. The third-order valence-corrected chi connectivity index (χ3v) is 7.36. The molecule has 1 aliphatic rings. The maximum absolute atomic E-state index is 13.1. The highest BCUT2D eigenvalue weighted by molar-refractivity contribution is 5.75. The number of amides is 1. The van der Waals surface area contributed by atoms with Gasteiger partial charge in [-0.1, -0.05) is 79.7 Å². The van der Waals surface area contributed by atoms with Gasteiger partial charge in [0.05, 0.1) is 23.1 Å². The van der Waals surface area contributed by atoms with Gasteiger partial charge in [0.1, 0.15) is 0 Å². The summed E-state index contributed by atoms with van der Waals surface area (Å²) in [6, 6.07) is 27.5. The highest BCUT2D eigenvalue weighted by Crippen LogP contribution is 2.36. The van der Waals surface area contributed by atoms with Crippen LogP contribution < -0.4 is 5.69 Å². The molecule has 5 rings (SSSR count). The van der Waals surface area contributed by atoms with E-state index in [2.05, 4.69) is 41.1 Å². The topological polar surface area (TPSA) is 81.6 Å². The number of H-pyrrole nitrogens is 1. The van der Waals surface area contributed by atoms with Crippen LogP contribution in [0.4, 0.5) is 4.79 Å². The van der Waals surface area contributed by atoms with Crippen molar-refractivity contribution in [3.63, 3.8) is 0 Å². The molecule has 1 aromatic heterocycles. The van der Waals surface area contributed by atoms with Crippen LogP contribution in [0.2, 0.25) is 0 Å². The van der Waals surface area contributed by atoms with Crippen LogP contribution in [0.1, 0.15) is 36.9 Å². The third-order valence-electron chi connectivity index (χ3n) is 7.36. The van der Waals surface area contributed by atoms with E-state index in [1.807, 2.05) is 60.7 Å². The van der Waals surface area contributed by atoms with Crippen molar-refractivity contribution >= 4 is 17.1 Å². The maximum atomic E-state index is 13.1. The van der Waals surface area contributed by atoms with E-state index in [4.69, 9.17) is 0 Å². The fraction of sp³-hybridized carbons (Fsp3) is 0.310. The number of benzene rings is 3. The van der Waals surface area contributed by atoms with Gasteiger partial charge in [0.15, 0.2) is 0 Å². The highest BCUT2D eigenvalue weighted by Gasteiger charge is 2.45. The Labute approximate surface area is 210 Å². The molecule has 0 bridgehead atoms. The summed E-state index contributed by atoms with van der Waals surface area (Å²) in [5.74, 6) is 0. The van der Waals surface area contributed by atoms with E-state index in [0.29, 0.717) is 26.1 Å². The molecule has 1 saturated heterocycles. The zero-order valence-corrected chi connectivity index (χ0v) is 20.5. The van der Waals surface area contributed by atoms with Crippen LogP contribution in [0.25, 0.3) is 11.0 Å². The predicted molar refractivity (Wildman–Crippen MR) is 141 cm³/mol.